The summed E-state index contributed by atoms with van der Waals surface area (Å²) in [4.78, 5) is 2.46. The van der Waals surface area contributed by atoms with Gasteiger partial charge in [-0.25, -0.2) is 0 Å². The van der Waals surface area contributed by atoms with Crippen LogP contribution < -0.4 is 5.32 Å². The molecule has 0 aromatic rings. The summed E-state index contributed by atoms with van der Waals surface area (Å²) in [6.07, 6.45) is 1.25. The Hall–Kier alpha value is -0.120. The van der Waals surface area contributed by atoms with Crippen molar-refractivity contribution < 1.29 is 4.74 Å². The molecule has 1 unspecified atom stereocenters. The van der Waals surface area contributed by atoms with Gasteiger partial charge in [0.2, 0.25) is 0 Å². The second kappa shape index (κ2) is 5.51. The fourth-order valence-corrected chi connectivity index (χ4v) is 1.50. The topological polar surface area (TPSA) is 24.5 Å². The van der Waals surface area contributed by atoms with Gasteiger partial charge in [0.15, 0.2) is 0 Å². The van der Waals surface area contributed by atoms with E-state index in [0.717, 1.165) is 26.2 Å². The highest BCUT2D eigenvalue weighted by molar-refractivity contribution is 4.71. The molecule has 1 aliphatic rings. The molecule has 1 heterocycles. The quantitative estimate of drug-likeness (QED) is 0.663. The van der Waals surface area contributed by atoms with Crippen molar-refractivity contribution in [3.63, 3.8) is 0 Å². The summed E-state index contributed by atoms with van der Waals surface area (Å²) >= 11 is 0. The zero-order valence-corrected chi connectivity index (χ0v) is 8.18. The first-order chi connectivity index (χ1) is 5.83. The van der Waals surface area contributed by atoms with Crippen molar-refractivity contribution in [3.8, 4) is 0 Å². The molecule has 0 aromatic heterocycles. The lowest BCUT2D eigenvalue weighted by Crippen LogP contribution is -2.31. The molecule has 3 nitrogen and oxygen atoms in total. The minimum atomic E-state index is 0.678. The maximum Gasteiger partial charge on any atom is 0.0589 e. The molecular weight excluding hydrogens is 152 g/mol. The highest BCUT2D eigenvalue weighted by Gasteiger charge is 2.11. The van der Waals surface area contributed by atoms with Crippen LogP contribution in [0.4, 0.5) is 0 Å². The molecule has 1 atom stereocenters. The van der Waals surface area contributed by atoms with E-state index in [2.05, 4.69) is 17.1 Å². The van der Waals surface area contributed by atoms with Crippen LogP contribution in [0.2, 0.25) is 0 Å². The van der Waals surface area contributed by atoms with Gasteiger partial charge < -0.3 is 10.1 Å². The Kier molecular flexibility index (Phi) is 4.58. The molecular formula is C9H20N2O. The van der Waals surface area contributed by atoms with E-state index in [1.165, 1.54) is 13.0 Å². The van der Waals surface area contributed by atoms with Crippen LogP contribution >= 0.6 is 0 Å². The van der Waals surface area contributed by atoms with E-state index in [0.29, 0.717) is 6.04 Å². The SMILES string of the molecule is COCCN1CCNC(C)CC1. The molecule has 1 rings (SSSR count). The molecule has 0 saturated carbocycles. The summed E-state index contributed by atoms with van der Waals surface area (Å²) in [6, 6.07) is 0.678. The molecule has 0 aromatic carbocycles. The van der Waals surface area contributed by atoms with Crippen molar-refractivity contribution in [1.29, 1.82) is 0 Å². The smallest absolute Gasteiger partial charge is 0.0589 e. The van der Waals surface area contributed by atoms with Gasteiger partial charge in [-0.1, -0.05) is 0 Å². The Labute approximate surface area is 75.1 Å². The van der Waals surface area contributed by atoms with Crippen LogP contribution in [-0.2, 0) is 4.74 Å². The van der Waals surface area contributed by atoms with E-state index in [1.54, 1.807) is 7.11 Å². The molecule has 1 N–H and O–H groups in total. The second-order valence-electron chi connectivity index (χ2n) is 3.48. The zero-order chi connectivity index (χ0) is 8.81. The van der Waals surface area contributed by atoms with Crippen molar-refractivity contribution in [2.24, 2.45) is 0 Å². The maximum absolute atomic E-state index is 5.05. The third-order valence-electron chi connectivity index (χ3n) is 2.41. The molecule has 0 amide bonds. The van der Waals surface area contributed by atoms with Crippen LogP contribution in [0.5, 0.6) is 0 Å². The van der Waals surface area contributed by atoms with E-state index in [4.69, 9.17) is 4.74 Å². The number of rotatable bonds is 3. The Morgan fingerprint density at radius 2 is 2.33 bits per heavy atom. The molecule has 1 saturated heterocycles. The average Bonchev–Trinajstić information content (AvgIpc) is 2.27. The van der Waals surface area contributed by atoms with Gasteiger partial charge in [-0.05, 0) is 19.9 Å². The first-order valence-corrected chi connectivity index (χ1v) is 4.77. The fourth-order valence-electron chi connectivity index (χ4n) is 1.50. The number of methoxy groups -OCH3 is 1. The van der Waals surface area contributed by atoms with Gasteiger partial charge in [0.25, 0.3) is 0 Å². The molecule has 0 spiro atoms. The normalized spacial score (nSPS) is 27.0. The third kappa shape index (κ3) is 3.52. The predicted octanol–water partition coefficient (Wildman–Crippen LogP) is 0.317. The summed E-state index contributed by atoms with van der Waals surface area (Å²) in [5.74, 6) is 0. The number of hydrogen-bond donors (Lipinski definition) is 1. The summed E-state index contributed by atoms with van der Waals surface area (Å²) in [5, 5.41) is 3.47. The number of hydrogen-bond acceptors (Lipinski definition) is 3. The Bertz CT molecular complexity index is 117. The van der Waals surface area contributed by atoms with E-state index in [1.807, 2.05) is 0 Å². The molecule has 12 heavy (non-hydrogen) atoms. The van der Waals surface area contributed by atoms with Gasteiger partial charge in [-0.3, -0.25) is 4.90 Å². The molecule has 0 radical (unpaired) electrons. The van der Waals surface area contributed by atoms with Crippen LogP contribution in [-0.4, -0.2) is 50.8 Å². The van der Waals surface area contributed by atoms with Crippen molar-refractivity contribution in [2.75, 3.05) is 39.9 Å². The lowest BCUT2D eigenvalue weighted by Gasteiger charge is -2.18. The van der Waals surface area contributed by atoms with E-state index in [9.17, 15) is 0 Å². The molecule has 1 fully saturated rings. The van der Waals surface area contributed by atoms with Crippen LogP contribution in [0.1, 0.15) is 13.3 Å². The lowest BCUT2D eigenvalue weighted by atomic mass is 10.2. The zero-order valence-electron chi connectivity index (χ0n) is 8.18. The minimum absolute atomic E-state index is 0.678. The monoisotopic (exact) mass is 172 g/mol. The fraction of sp³-hybridized carbons (Fsp3) is 1.00. The predicted molar refractivity (Wildman–Crippen MR) is 50.4 cm³/mol. The standard InChI is InChI=1S/C9H20N2O/c1-9-3-5-11(6-4-10-9)7-8-12-2/h9-10H,3-8H2,1-2H3. The van der Waals surface area contributed by atoms with E-state index < -0.39 is 0 Å². The van der Waals surface area contributed by atoms with Crippen molar-refractivity contribution >= 4 is 0 Å². The second-order valence-corrected chi connectivity index (χ2v) is 3.48. The first-order valence-electron chi connectivity index (χ1n) is 4.77. The van der Waals surface area contributed by atoms with Crippen molar-refractivity contribution in [1.82, 2.24) is 10.2 Å². The molecule has 1 aliphatic heterocycles. The Balaban J connectivity index is 2.17. The van der Waals surface area contributed by atoms with Crippen molar-refractivity contribution in [2.45, 2.75) is 19.4 Å². The molecule has 0 aliphatic carbocycles. The number of ether oxygens (including phenoxy) is 1. The first kappa shape index (κ1) is 9.96. The van der Waals surface area contributed by atoms with Gasteiger partial charge in [-0.15, -0.1) is 0 Å². The highest BCUT2D eigenvalue weighted by atomic mass is 16.5. The number of nitrogens with zero attached hydrogens (tertiary/aromatic N) is 1. The van der Waals surface area contributed by atoms with E-state index >= 15 is 0 Å². The molecule has 0 bridgehead atoms. The van der Waals surface area contributed by atoms with Gasteiger partial charge in [0.1, 0.15) is 0 Å². The largest absolute Gasteiger partial charge is 0.383 e. The van der Waals surface area contributed by atoms with Crippen LogP contribution in [0.25, 0.3) is 0 Å². The van der Waals surface area contributed by atoms with Gasteiger partial charge in [0.05, 0.1) is 6.61 Å². The minimum Gasteiger partial charge on any atom is -0.383 e. The summed E-state index contributed by atoms with van der Waals surface area (Å²) in [5.41, 5.74) is 0. The summed E-state index contributed by atoms with van der Waals surface area (Å²) in [6.45, 7) is 7.66. The lowest BCUT2D eigenvalue weighted by molar-refractivity contribution is 0.151. The van der Waals surface area contributed by atoms with Gasteiger partial charge in [-0.2, -0.15) is 0 Å². The summed E-state index contributed by atoms with van der Waals surface area (Å²) in [7, 11) is 1.76. The summed E-state index contributed by atoms with van der Waals surface area (Å²) < 4.78 is 5.05. The van der Waals surface area contributed by atoms with Gasteiger partial charge in [0, 0.05) is 32.8 Å². The average molecular weight is 172 g/mol. The van der Waals surface area contributed by atoms with Crippen LogP contribution in [0.15, 0.2) is 0 Å². The third-order valence-corrected chi connectivity index (χ3v) is 2.41. The van der Waals surface area contributed by atoms with Crippen LogP contribution in [0.3, 0.4) is 0 Å². The van der Waals surface area contributed by atoms with Crippen LogP contribution in [0, 0.1) is 0 Å². The molecule has 3 heteroatoms. The Morgan fingerprint density at radius 1 is 1.50 bits per heavy atom. The molecule has 72 valence electrons. The maximum atomic E-state index is 5.05. The van der Waals surface area contributed by atoms with Gasteiger partial charge >= 0.3 is 0 Å². The Morgan fingerprint density at radius 3 is 3.08 bits per heavy atom. The number of nitrogens with one attached hydrogen (secondary N) is 1. The van der Waals surface area contributed by atoms with E-state index in [-0.39, 0.29) is 0 Å². The highest BCUT2D eigenvalue weighted by Crippen LogP contribution is 1.99. The van der Waals surface area contributed by atoms with Crippen molar-refractivity contribution in [3.05, 3.63) is 0 Å².